The molecule has 2 heterocycles. The Morgan fingerprint density at radius 3 is 2.44 bits per heavy atom. The molecule has 3 aromatic rings. The van der Waals surface area contributed by atoms with Crippen LogP contribution in [-0.2, 0) is 0 Å². The number of benzene rings is 3. The Morgan fingerprint density at radius 1 is 0.853 bits per heavy atom. The van der Waals surface area contributed by atoms with Crippen LogP contribution in [0.2, 0.25) is 0 Å². The second kappa shape index (κ2) is 11.3. The Kier molecular flexibility index (Phi) is 7.77. The molecule has 5 rings (SSSR count). The van der Waals surface area contributed by atoms with Gasteiger partial charge in [0.2, 0.25) is 0 Å². The molecule has 0 unspecified atom stereocenters. The Balaban J connectivity index is 1.25. The summed E-state index contributed by atoms with van der Waals surface area (Å²) < 4.78 is 6.10. The predicted molar refractivity (Wildman–Crippen MR) is 141 cm³/mol. The van der Waals surface area contributed by atoms with Crippen LogP contribution in [0.4, 0.5) is 0 Å². The van der Waals surface area contributed by atoms with Crippen molar-refractivity contribution >= 4 is 11.8 Å². The summed E-state index contributed by atoms with van der Waals surface area (Å²) >= 11 is 1.97. The molecule has 0 amide bonds. The molecule has 34 heavy (non-hydrogen) atoms. The predicted octanol–water partition coefficient (Wildman–Crippen LogP) is 7.06. The molecule has 3 aromatic carbocycles. The summed E-state index contributed by atoms with van der Waals surface area (Å²) in [5.41, 5.74) is 3.74. The molecular formula is C30H35NO2S. The van der Waals surface area contributed by atoms with E-state index in [1.165, 1.54) is 73.5 Å². The van der Waals surface area contributed by atoms with E-state index in [0.717, 1.165) is 11.3 Å². The monoisotopic (exact) mass is 473 g/mol. The van der Waals surface area contributed by atoms with Gasteiger partial charge in [0.25, 0.3) is 0 Å². The number of nitrogens with zero attached hydrogens (tertiary/aromatic N) is 1. The van der Waals surface area contributed by atoms with E-state index >= 15 is 0 Å². The van der Waals surface area contributed by atoms with Crippen molar-refractivity contribution in [2.75, 3.05) is 32.0 Å². The van der Waals surface area contributed by atoms with Gasteiger partial charge in [-0.1, -0.05) is 55.0 Å². The van der Waals surface area contributed by atoms with E-state index in [4.69, 9.17) is 4.74 Å². The molecule has 3 nitrogen and oxygen atoms in total. The maximum Gasteiger partial charge on any atom is 0.126 e. The average Bonchev–Trinajstić information content (AvgIpc) is 2.89. The zero-order valence-corrected chi connectivity index (χ0v) is 20.7. The number of aromatic hydroxyl groups is 1. The summed E-state index contributed by atoms with van der Waals surface area (Å²) in [5.74, 6) is 2.67. The first-order chi connectivity index (χ1) is 16.8. The highest BCUT2D eigenvalue weighted by molar-refractivity contribution is 7.99. The summed E-state index contributed by atoms with van der Waals surface area (Å²) in [5, 5.41) is 9.97. The third-order valence-electron chi connectivity index (χ3n) is 7.21. The second-order valence-electron chi connectivity index (χ2n) is 9.55. The third kappa shape index (κ3) is 5.61. The maximum absolute atomic E-state index is 9.97. The van der Waals surface area contributed by atoms with Crippen LogP contribution in [0, 0.1) is 0 Å². The summed E-state index contributed by atoms with van der Waals surface area (Å²) in [7, 11) is 0. The molecule has 0 bridgehead atoms. The molecule has 1 fully saturated rings. The van der Waals surface area contributed by atoms with Crippen molar-refractivity contribution in [3.63, 3.8) is 0 Å². The highest BCUT2D eigenvalue weighted by Crippen LogP contribution is 2.47. The van der Waals surface area contributed by atoms with Gasteiger partial charge in [-0.25, -0.2) is 0 Å². The number of fused-ring (bicyclic) bond motifs is 1. The molecule has 0 aromatic heterocycles. The standard InChI is InChI=1S/C30H35NO2S/c32-25-13-16-27-29(21-25)33-22-28(23-9-3-1-4-10-23)30(27)24-11-14-26(15-12-24)34-20-8-7-19-31-17-5-2-6-18-31/h1,3-4,9-16,21,28,30,32H,2,5-8,17-20,22H2/t28-,30-/m1/s1. The number of phenols is 1. The van der Waals surface area contributed by atoms with Gasteiger partial charge in [0, 0.05) is 28.4 Å². The number of rotatable bonds is 8. The molecule has 0 aliphatic carbocycles. The fourth-order valence-corrected chi connectivity index (χ4v) is 6.29. The molecule has 1 saturated heterocycles. The quantitative estimate of drug-likeness (QED) is 0.280. The molecular weight excluding hydrogens is 438 g/mol. The number of phenolic OH excluding ortho intramolecular Hbond substituents is 1. The molecule has 2 aliphatic heterocycles. The van der Waals surface area contributed by atoms with Crippen molar-refractivity contribution in [1.82, 2.24) is 4.90 Å². The SMILES string of the molecule is Oc1ccc2c(c1)OC[C@H](c1ccccc1)[C@@H]2c1ccc(SCCCCN2CCCCC2)cc1. The zero-order valence-electron chi connectivity index (χ0n) is 19.9. The van der Waals surface area contributed by atoms with E-state index in [9.17, 15) is 5.11 Å². The van der Waals surface area contributed by atoms with E-state index in [1.807, 2.05) is 17.8 Å². The molecule has 4 heteroatoms. The van der Waals surface area contributed by atoms with E-state index in [-0.39, 0.29) is 17.6 Å². The summed E-state index contributed by atoms with van der Waals surface area (Å²) in [6.45, 7) is 4.47. The van der Waals surface area contributed by atoms with Crippen molar-refractivity contribution in [2.45, 2.75) is 48.8 Å². The van der Waals surface area contributed by atoms with E-state index in [0.29, 0.717) is 6.61 Å². The Morgan fingerprint density at radius 2 is 1.65 bits per heavy atom. The number of hydrogen-bond donors (Lipinski definition) is 1. The second-order valence-corrected chi connectivity index (χ2v) is 10.7. The third-order valence-corrected chi connectivity index (χ3v) is 8.30. The average molecular weight is 474 g/mol. The van der Waals surface area contributed by atoms with Crippen molar-refractivity contribution in [2.24, 2.45) is 0 Å². The normalized spacial score (nSPS) is 20.5. The number of ether oxygens (including phenoxy) is 1. The van der Waals surface area contributed by atoms with Crippen molar-refractivity contribution in [3.8, 4) is 11.5 Å². The summed E-state index contributed by atoms with van der Waals surface area (Å²) in [6.07, 6.45) is 6.75. The lowest BCUT2D eigenvalue weighted by molar-refractivity contribution is 0.226. The van der Waals surface area contributed by atoms with Gasteiger partial charge in [-0.15, -0.1) is 11.8 Å². The van der Waals surface area contributed by atoms with Crippen LogP contribution in [0.1, 0.15) is 60.6 Å². The molecule has 1 N–H and O–H groups in total. The number of hydrogen-bond acceptors (Lipinski definition) is 4. The Bertz CT molecular complexity index is 1050. The largest absolute Gasteiger partial charge is 0.508 e. The zero-order chi connectivity index (χ0) is 23.2. The first-order valence-electron chi connectivity index (χ1n) is 12.7. The van der Waals surface area contributed by atoms with Crippen LogP contribution in [0.15, 0.2) is 77.7 Å². The highest BCUT2D eigenvalue weighted by Gasteiger charge is 2.33. The van der Waals surface area contributed by atoms with Crippen LogP contribution < -0.4 is 4.74 Å². The van der Waals surface area contributed by atoms with Crippen molar-refractivity contribution in [1.29, 1.82) is 0 Å². The van der Waals surface area contributed by atoms with Gasteiger partial charge < -0.3 is 14.7 Å². The number of likely N-dealkylation sites (tertiary alicyclic amines) is 1. The van der Waals surface area contributed by atoms with Gasteiger partial charge in [-0.2, -0.15) is 0 Å². The molecule has 0 radical (unpaired) electrons. The van der Waals surface area contributed by atoms with Gasteiger partial charge >= 0.3 is 0 Å². The topological polar surface area (TPSA) is 32.7 Å². The van der Waals surface area contributed by atoms with Crippen LogP contribution in [0.5, 0.6) is 11.5 Å². The fourth-order valence-electron chi connectivity index (χ4n) is 5.38. The van der Waals surface area contributed by atoms with Crippen molar-refractivity contribution < 1.29 is 9.84 Å². The summed E-state index contributed by atoms with van der Waals surface area (Å²) in [4.78, 5) is 3.98. The van der Waals surface area contributed by atoms with Gasteiger partial charge in [-0.05, 0) is 80.4 Å². The minimum absolute atomic E-state index is 0.204. The lowest BCUT2D eigenvalue weighted by Crippen LogP contribution is -2.30. The van der Waals surface area contributed by atoms with Crippen LogP contribution in [0.3, 0.4) is 0 Å². The lowest BCUT2D eigenvalue weighted by Gasteiger charge is -2.34. The fraction of sp³-hybridized carbons (Fsp3) is 0.400. The number of piperidine rings is 1. The van der Waals surface area contributed by atoms with Crippen molar-refractivity contribution in [3.05, 3.63) is 89.5 Å². The number of unbranched alkanes of at least 4 members (excludes halogenated alkanes) is 1. The molecule has 2 aliphatic rings. The molecule has 2 atom stereocenters. The van der Waals surface area contributed by atoms with E-state index in [1.54, 1.807) is 12.1 Å². The summed E-state index contributed by atoms with van der Waals surface area (Å²) in [6, 6.07) is 25.3. The lowest BCUT2D eigenvalue weighted by atomic mass is 9.76. The minimum Gasteiger partial charge on any atom is -0.508 e. The number of thioether (sulfide) groups is 1. The van der Waals surface area contributed by atoms with Gasteiger partial charge in [0.1, 0.15) is 11.5 Å². The van der Waals surface area contributed by atoms with Gasteiger partial charge in [0.15, 0.2) is 0 Å². The maximum atomic E-state index is 9.97. The van der Waals surface area contributed by atoms with E-state index in [2.05, 4.69) is 59.5 Å². The van der Waals surface area contributed by atoms with E-state index < -0.39 is 0 Å². The first kappa shape index (κ1) is 23.3. The first-order valence-corrected chi connectivity index (χ1v) is 13.7. The van der Waals surface area contributed by atoms with Gasteiger partial charge in [0.05, 0.1) is 6.61 Å². The van der Waals surface area contributed by atoms with Gasteiger partial charge in [-0.3, -0.25) is 0 Å². The van der Waals surface area contributed by atoms with Crippen LogP contribution in [-0.4, -0.2) is 42.0 Å². The molecule has 178 valence electrons. The molecule has 0 saturated carbocycles. The Hall–Kier alpha value is -2.43. The minimum atomic E-state index is 0.204. The smallest absolute Gasteiger partial charge is 0.126 e. The Labute approximate surface area is 208 Å². The highest BCUT2D eigenvalue weighted by atomic mass is 32.2. The van der Waals surface area contributed by atoms with Crippen LogP contribution >= 0.6 is 11.8 Å². The molecule has 0 spiro atoms. The van der Waals surface area contributed by atoms with Crippen LogP contribution in [0.25, 0.3) is 0 Å².